The molecule has 3 saturated heterocycles. The smallest absolute Gasteiger partial charge is 0.410 e. The maximum atomic E-state index is 12.5. The first kappa shape index (κ1) is 21.0. The first-order valence-electron chi connectivity index (χ1n) is 11.4. The van der Waals surface area contributed by atoms with Gasteiger partial charge in [0.1, 0.15) is 5.75 Å². The van der Waals surface area contributed by atoms with Crippen molar-refractivity contribution in [1.82, 2.24) is 9.80 Å². The fraction of sp³-hybridized carbons (Fsp3) is 0.667. The molecule has 1 aromatic carbocycles. The number of rotatable bonds is 4. The predicted molar refractivity (Wildman–Crippen MR) is 114 cm³/mol. The van der Waals surface area contributed by atoms with Crippen molar-refractivity contribution in [3.63, 3.8) is 0 Å². The van der Waals surface area contributed by atoms with Crippen molar-refractivity contribution in [2.45, 2.75) is 75.4 Å². The average molecular weight is 412 g/mol. The number of hydrogen-bond donors (Lipinski definition) is 0. The normalized spacial score (nSPS) is 28.4. The Labute approximate surface area is 179 Å². The Balaban J connectivity index is 1.44. The third-order valence-corrected chi connectivity index (χ3v) is 7.48. The summed E-state index contributed by atoms with van der Waals surface area (Å²) >= 11 is 0. The Kier molecular flexibility index (Phi) is 6.19. The van der Waals surface area contributed by atoms with Crippen molar-refractivity contribution in [2.24, 2.45) is 0 Å². The van der Waals surface area contributed by atoms with Gasteiger partial charge in [-0.2, -0.15) is 5.26 Å². The molecule has 1 amide bonds. The second-order valence-electron chi connectivity index (χ2n) is 8.89. The number of carbonyl (C=O) groups excluding carboxylic acids is 1. The third kappa shape index (κ3) is 3.76. The number of amides is 1. The molecule has 3 atom stereocenters. The first-order valence-corrected chi connectivity index (χ1v) is 11.4. The standard InChI is InChI=1S/C24H33N3O3/c1-3-30-23(28)27-18-8-10-19(16-20(27)11-9-18)26-14-12-24(17-25,13-15-26)21-6-4-5-7-22(21)29-2/h4-7,18-20H,3,8-16H2,1-2H3. The fourth-order valence-electron chi connectivity index (χ4n) is 5.87. The Bertz CT molecular complexity index is 797. The molecular formula is C24H33N3O3. The maximum absolute atomic E-state index is 12.5. The van der Waals surface area contributed by atoms with Crippen LogP contribution in [-0.2, 0) is 10.2 Å². The first-order chi connectivity index (χ1) is 14.6. The van der Waals surface area contributed by atoms with Crippen LogP contribution in [0.5, 0.6) is 5.75 Å². The molecule has 3 aliphatic heterocycles. The number of nitriles is 1. The second-order valence-corrected chi connectivity index (χ2v) is 8.89. The highest BCUT2D eigenvalue weighted by molar-refractivity contribution is 5.69. The second kappa shape index (κ2) is 8.85. The van der Waals surface area contributed by atoms with Crippen molar-refractivity contribution in [3.05, 3.63) is 29.8 Å². The molecule has 0 spiro atoms. The number of fused-ring (bicyclic) bond motifs is 2. The SMILES string of the molecule is CCOC(=O)N1C2CCC(N3CCC(C#N)(c4ccccc4OC)CC3)CC1CC2. The van der Waals surface area contributed by atoms with Crippen LogP contribution < -0.4 is 4.74 Å². The van der Waals surface area contributed by atoms with Crippen molar-refractivity contribution >= 4 is 6.09 Å². The van der Waals surface area contributed by atoms with Crippen LogP contribution in [0.4, 0.5) is 4.79 Å². The zero-order chi connectivity index (χ0) is 21.1. The summed E-state index contributed by atoms with van der Waals surface area (Å²) in [4.78, 5) is 17.1. The van der Waals surface area contributed by atoms with E-state index in [-0.39, 0.29) is 6.09 Å². The van der Waals surface area contributed by atoms with E-state index < -0.39 is 5.41 Å². The Morgan fingerprint density at radius 3 is 2.47 bits per heavy atom. The average Bonchev–Trinajstić information content (AvgIpc) is 3.08. The lowest BCUT2D eigenvalue weighted by atomic mass is 9.73. The minimum atomic E-state index is -0.482. The molecule has 1 aromatic rings. The summed E-state index contributed by atoms with van der Waals surface area (Å²) in [5, 5.41) is 10.1. The summed E-state index contributed by atoms with van der Waals surface area (Å²) in [6.07, 6.45) is 6.86. The summed E-state index contributed by atoms with van der Waals surface area (Å²) in [7, 11) is 1.68. The zero-order valence-electron chi connectivity index (χ0n) is 18.2. The van der Waals surface area contributed by atoms with Gasteiger partial charge in [0.05, 0.1) is 25.2 Å². The summed E-state index contributed by atoms with van der Waals surface area (Å²) in [5.74, 6) is 0.810. The highest BCUT2D eigenvalue weighted by Gasteiger charge is 2.45. The van der Waals surface area contributed by atoms with E-state index in [1.54, 1.807) is 7.11 Å². The number of carbonyl (C=O) groups is 1. The van der Waals surface area contributed by atoms with Crippen LogP contribution in [0.15, 0.2) is 24.3 Å². The van der Waals surface area contributed by atoms with E-state index >= 15 is 0 Å². The summed E-state index contributed by atoms with van der Waals surface area (Å²) < 4.78 is 10.9. The molecule has 4 rings (SSSR count). The largest absolute Gasteiger partial charge is 0.496 e. The lowest BCUT2D eigenvalue weighted by Gasteiger charge is -2.42. The molecule has 3 heterocycles. The highest BCUT2D eigenvalue weighted by atomic mass is 16.6. The molecule has 0 N–H and O–H groups in total. The maximum Gasteiger partial charge on any atom is 0.410 e. The zero-order valence-corrected chi connectivity index (χ0v) is 18.2. The summed E-state index contributed by atoms with van der Waals surface area (Å²) in [5.41, 5.74) is 0.534. The van der Waals surface area contributed by atoms with E-state index in [1.807, 2.05) is 36.1 Å². The molecule has 0 aliphatic carbocycles. The number of ether oxygens (including phenoxy) is 2. The summed E-state index contributed by atoms with van der Waals surface area (Å²) in [6.45, 7) is 4.13. The van der Waals surface area contributed by atoms with Gasteiger partial charge in [-0.15, -0.1) is 0 Å². The number of benzene rings is 1. The lowest BCUT2D eigenvalue weighted by molar-refractivity contribution is 0.0830. The molecule has 3 aliphatic rings. The summed E-state index contributed by atoms with van der Waals surface area (Å²) in [6, 6.07) is 11.7. The predicted octanol–water partition coefficient (Wildman–Crippen LogP) is 4.09. The van der Waals surface area contributed by atoms with E-state index in [2.05, 4.69) is 11.0 Å². The number of nitrogens with zero attached hydrogens (tertiary/aromatic N) is 3. The van der Waals surface area contributed by atoms with E-state index in [1.165, 1.54) is 0 Å². The highest BCUT2D eigenvalue weighted by Crippen LogP contribution is 2.42. The molecule has 6 nitrogen and oxygen atoms in total. The van der Waals surface area contributed by atoms with Gasteiger partial charge in [0.2, 0.25) is 0 Å². The fourth-order valence-corrected chi connectivity index (χ4v) is 5.87. The third-order valence-electron chi connectivity index (χ3n) is 7.48. The van der Waals surface area contributed by atoms with Crippen LogP contribution in [0.2, 0.25) is 0 Å². The van der Waals surface area contributed by atoms with Gasteiger partial charge in [0, 0.05) is 36.8 Å². The van der Waals surface area contributed by atoms with Crippen molar-refractivity contribution in [2.75, 3.05) is 26.8 Å². The topological polar surface area (TPSA) is 65.8 Å². The van der Waals surface area contributed by atoms with E-state index in [0.29, 0.717) is 24.7 Å². The molecule has 0 saturated carbocycles. The van der Waals surface area contributed by atoms with Gasteiger partial charge >= 0.3 is 6.09 Å². The monoisotopic (exact) mass is 411 g/mol. The van der Waals surface area contributed by atoms with E-state index in [4.69, 9.17) is 9.47 Å². The minimum absolute atomic E-state index is 0.135. The molecular weight excluding hydrogens is 378 g/mol. The van der Waals surface area contributed by atoms with Crippen LogP contribution in [0.25, 0.3) is 0 Å². The van der Waals surface area contributed by atoms with Crippen molar-refractivity contribution < 1.29 is 14.3 Å². The molecule has 2 bridgehead atoms. The lowest BCUT2D eigenvalue weighted by Crippen LogP contribution is -2.48. The quantitative estimate of drug-likeness (QED) is 0.746. The van der Waals surface area contributed by atoms with Crippen LogP contribution in [0.1, 0.15) is 57.4 Å². The number of piperidine rings is 1. The molecule has 0 radical (unpaired) electrons. The van der Waals surface area contributed by atoms with E-state index in [0.717, 1.165) is 69.3 Å². The number of likely N-dealkylation sites (tertiary alicyclic amines) is 1. The van der Waals surface area contributed by atoms with Gasteiger partial charge in [-0.25, -0.2) is 4.79 Å². The van der Waals surface area contributed by atoms with Gasteiger partial charge in [0.15, 0.2) is 0 Å². The van der Waals surface area contributed by atoms with Crippen molar-refractivity contribution in [3.8, 4) is 11.8 Å². The van der Waals surface area contributed by atoms with Gasteiger partial charge in [-0.1, -0.05) is 18.2 Å². The number of hydrogen-bond acceptors (Lipinski definition) is 5. The van der Waals surface area contributed by atoms with Crippen LogP contribution >= 0.6 is 0 Å². The molecule has 30 heavy (non-hydrogen) atoms. The van der Waals surface area contributed by atoms with Crippen LogP contribution in [0.3, 0.4) is 0 Å². The van der Waals surface area contributed by atoms with Gasteiger partial charge in [0.25, 0.3) is 0 Å². The molecule has 162 valence electrons. The van der Waals surface area contributed by atoms with Crippen molar-refractivity contribution in [1.29, 1.82) is 5.26 Å². The molecule has 6 heteroatoms. The Morgan fingerprint density at radius 2 is 1.80 bits per heavy atom. The van der Waals surface area contributed by atoms with Gasteiger partial charge in [-0.3, -0.25) is 0 Å². The minimum Gasteiger partial charge on any atom is -0.496 e. The number of para-hydroxylation sites is 1. The van der Waals surface area contributed by atoms with Gasteiger partial charge in [-0.05, 0) is 57.9 Å². The Hall–Kier alpha value is -2.26. The molecule has 3 fully saturated rings. The molecule has 0 aromatic heterocycles. The molecule has 3 unspecified atom stereocenters. The van der Waals surface area contributed by atoms with Gasteiger partial charge < -0.3 is 19.3 Å². The van der Waals surface area contributed by atoms with Crippen LogP contribution in [-0.4, -0.2) is 60.8 Å². The van der Waals surface area contributed by atoms with Crippen LogP contribution in [0, 0.1) is 11.3 Å². The Morgan fingerprint density at radius 1 is 1.13 bits per heavy atom. The number of methoxy groups -OCH3 is 1. The van der Waals surface area contributed by atoms with E-state index in [9.17, 15) is 10.1 Å².